The Labute approximate surface area is 118 Å². The van der Waals surface area contributed by atoms with Gasteiger partial charge in [-0.15, -0.1) is 5.10 Å². The molecule has 1 amide bonds. The summed E-state index contributed by atoms with van der Waals surface area (Å²) in [6.45, 7) is 1.98. The Bertz CT molecular complexity index is 530. The molecule has 0 aliphatic heterocycles. The Hall–Kier alpha value is -1.27. The number of benzene rings is 1. The Kier molecular flexibility index (Phi) is 4.43. The molecule has 0 fully saturated rings. The minimum absolute atomic E-state index is 0.0540. The SMILES string of the molecule is C[C@@H](Cc1ccccc1Br)NC(=O)c1cnns1. The third-order valence-electron chi connectivity index (χ3n) is 2.45. The number of carbonyl (C=O) groups is 1. The molecule has 0 bridgehead atoms. The van der Waals surface area contributed by atoms with Gasteiger partial charge in [0.2, 0.25) is 0 Å². The molecule has 0 spiro atoms. The van der Waals surface area contributed by atoms with Crippen molar-refractivity contribution in [3.05, 3.63) is 45.4 Å². The largest absolute Gasteiger partial charge is 0.348 e. The van der Waals surface area contributed by atoms with Crippen molar-refractivity contribution in [3.63, 3.8) is 0 Å². The van der Waals surface area contributed by atoms with Gasteiger partial charge in [0.05, 0.1) is 6.20 Å². The molecular formula is C12H12BrN3OS. The molecule has 0 saturated carbocycles. The number of aromatic nitrogens is 2. The molecule has 1 heterocycles. The molecule has 0 aliphatic carbocycles. The van der Waals surface area contributed by atoms with Crippen LogP contribution in [-0.2, 0) is 6.42 Å². The van der Waals surface area contributed by atoms with Crippen molar-refractivity contribution in [3.8, 4) is 0 Å². The highest BCUT2D eigenvalue weighted by Gasteiger charge is 2.13. The standard InChI is InChI=1S/C12H12BrN3OS/c1-8(6-9-4-2-3-5-10(9)13)15-12(17)11-7-14-16-18-11/h2-5,7-8H,6H2,1H3,(H,15,17)/t8-/m0/s1. The van der Waals surface area contributed by atoms with Gasteiger partial charge in [-0.05, 0) is 36.5 Å². The Morgan fingerprint density at radius 2 is 2.28 bits per heavy atom. The first-order chi connectivity index (χ1) is 8.66. The number of nitrogens with zero attached hydrogens (tertiary/aromatic N) is 2. The van der Waals surface area contributed by atoms with Gasteiger partial charge in [0.1, 0.15) is 4.88 Å². The van der Waals surface area contributed by atoms with Gasteiger partial charge >= 0.3 is 0 Å². The van der Waals surface area contributed by atoms with E-state index in [-0.39, 0.29) is 11.9 Å². The van der Waals surface area contributed by atoms with Gasteiger partial charge in [-0.1, -0.05) is 38.6 Å². The summed E-state index contributed by atoms with van der Waals surface area (Å²) >= 11 is 4.60. The van der Waals surface area contributed by atoms with E-state index in [0.29, 0.717) is 4.88 Å². The van der Waals surface area contributed by atoms with E-state index in [2.05, 4.69) is 30.8 Å². The topological polar surface area (TPSA) is 54.9 Å². The van der Waals surface area contributed by atoms with Gasteiger partial charge in [-0.2, -0.15) is 0 Å². The van der Waals surface area contributed by atoms with Gasteiger partial charge in [-0.25, -0.2) is 0 Å². The van der Waals surface area contributed by atoms with Crippen LogP contribution in [0.5, 0.6) is 0 Å². The second-order valence-corrected chi connectivity index (χ2v) is 5.59. The number of hydrogen-bond acceptors (Lipinski definition) is 4. The van der Waals surface area contributed by atoms with Crippen molar-refractivity contribution in [1.29, 1.82) is 0 Å². The van der Waals surface area contributed by atoms with E-state index < -0.39 is 0 Å². The highest BCUT2D eigenvalue weighted by Crippen LogP contribution is 2.17. The van der Waals surface area contributed by atoms with Crippen molar-refractivity contribution in [2.75, 3.05) is 0 Å². The Morgan fingerprint density at radius 3 is 2.94 bits per heavy atom. The summed E-state index contributed by atoms with van der Waals surface area (Å²) in [4.78, 5) is 12.3. The second kappa shape index (κ2) is 6.06. The van der Waals surface area contributed by atoms with Crippen LogP contribution >= 0.6 is 27.5 Å². The van der Waals surface area contributed by atoms with Crippen molar-refractivity contribution in [2.24, 2.45) is 0 Å². The second-order valence-electron chi connectivity index (χ2n) is 3.95. The fourth-order valence-corrected chi connectivity index (χ4v) is 2.47. The molecule has 0 saturated heterocycles. The summed E-state index contributed by atoms with van der Waals surface area (Å²) in [5.41, 5.74) is 1.17. The van der Waals surface area contributed by atoms with Crippen LogP contribution in [0.2, 0.25) is 0 Å². The normalized spacial score (nSPS) is 12.1. The summed E-state index contributed by atoms with van der Waals surface area (Å²) < 4.78 is 4.73. The lowest BCUT2D eigenvalue weighted by atomic mass is 10.1. The van der Waals surface area contributed by atoms with E-state index in [1.165, 1.54) is 11.8 Å². The van der Waals surface area contributed by atoms with E-state index in [9.17, 15) is 4.79 Å². The predicted octanol–water partition coefficient (Wildman–Crippen LogP) is 2.66. The van der Waals surface area contributed by atoms with E-state index >= 15 is 0 Å². The predicted molar refractivity (Wildman–Crippen MR) is 74.7 cm³/mol. The van der Waals surface area contributed by atoms with Crippen LogP contribution in [0.3, 0.4) is 0 Å². The van der Waals surface area contributed by atoms with E-state index in [4.69, 9.17) is 0 Å². The van der Waals surface area contributed by atoms with Crippen molar-refractivity contribution in [1.82, 2.24) is 14.9 Å². The number of rotatable bonds is 4. The number of hydrogen-bond donors (Lipinski definition) is 1. The van der Waals surface area contributed by atoms with Crippen LogP contribution in [-0.4, -0.2) is 21.5 Å². The highest BCUT2D eigenvalue weighted by atomic mass is 79.9. The minimum atomic E-state index is -0.121. The molecule has 1 atom stereocenters. The number of amides is 1. The third kappa shape index (κ3) is 3.36. The maximum atomic E-state index is 11.8. The van der Waals surface area contributed by atoms with Gasteiger partial charge < -0.3 is 5.32 Å². The lowest BCUT2D eigenvalue weighted by molar-refractivity contribution is 0.0944. The zero-order valence-electron chi connectivity index (χ0n) is 9.76. The molecule has 1 aromatic carbocycles. The number of nitrogens with one attached hydrogen (secondary N) is 1. The maximum absolute atomic E-state index is 11.8. The molecular weight excluding hydrogens is 314 g/mol. The lowest BCUT2D eigenvalue weighted by Crippen LogP contribution is -2.33. The van der Waals surface area contributed by atoms with Crippen LogP contribution in [0.15, 0.2) is 34.9 Å². The Balaban J connectivity index is 1.95. The molecule has 94 valence electrons. The highest BCUT2D eigenvalue weighted by molar-refractivity contribution is 9.10. The summed E-state index contributed by atoms with van der Waals surface area (Å²) in [5.74, 6) is -0.121. The quantitative estimate of drug-likeness (QED) is 0.940. The first-order valence-corrected chi connectivity index (χ1v) is 7.05. The summed E-state index contributed by atoms with van der Waals surface area (Å²) in [6.07, 6.45) is 2.25. The van der Waals surface area contributed by atoms with Gasteiger partial charge in [0.15, 0.2) is 0 Å². The average Bonchev–Trinajstić information content (AvgIpc) is 2.85. The fraction of sp³-hybridized carbons (Fsp3) is 0.250. The van der Waals surface area contributed by atoms with Crippen LogP contribution in [0.25, 0.3) is 0 Å². The van der Waals surface area contributed by atoms with Crippen LogP contribution in [0, 0.1) is 0 Å². The molecule has 2 rings (SSSR count). The average molecular weight is 326 g/mol. The number of carbonyl (C=O) groups excluding carboxylic acids is 1. The molecule has 4 nitrogen and oxygen atoms in total. The Morgan fingerprint density at radius 1 is 1.50 bits per heavy atom. The summed E-state index contributed by atoms with van der Waals surface area (Å²) in [6, 6.07) is 8.05. The monoisotopic (exact) mass is 325 g/mol. The number of halogens is 1. The molecule has 0 radical (unpaired) electrons. The first-order valence-electron chi connectivity index (χ1n) is 5.48. The molecule has 2 aromatic rings. The summed E-state index contributed by atoms with van der Waals surface area (Å²) in [5, 5.41) is 6.58. The minimum Gasteiger partial charge on any atom is -0.348 e. The van der Waals surface area contributed by atoms with Crippen LogP contribution in [0.4, 0.5) is 0 Å². The molecule has 6 heteroatoms. The van der Waals surface area contributed by atoms with Crippen molar-refractivity contribution in [2.45, 2.75) is 19.4 Å². The van der Waals surface area contributed by atoms with E-state index in [1.54, 1.807) is 0 Å². The summed E-state index contributed by atoms with van der Waals surface area (Å²) in [7, 11) is 0. The lowest BCUT2D eigenvalue weighted by Gasteiger charge is -2.13. The molecule has 0 unspecified atom stereocenters. The smallest absolute Gasteiger partial charge is 0.264 e. The maximum Gasteiger partial charge on any atom is 0.264 e. The van der Waals surface area contributed by atoms with Crippen molar-refractivity contribution >= 4 is 33.4 Å². The van der Waals surface area contributed by atoms with E-state index in [1.807, 2.05) is 31.2 Å². The van der Waals surface area contributed by atoms with Crippen LogP contribution in [0.1, 0.15) is 22.2 Å². The third-order valence-corrected chi connectivity index (χ3v) is 3.88. The van der Waals surface area contributed by atoms with E-state index in [0.717, 1.165) is 22.4 Å². The zero-order valence-corrected chi connectivity index (χ0v) is 12.2. The van der Waals surface area contributed by atoms with Gasteiger partial charge in [-0.3, -0.25) is 4.79 Å². The molecule has 18 heavy (non-hydrogen) atoms. The fourth-order valence-electron chi connectivity index (χ4n) is 1.61. The molecule has 1 N–H and O–H groups in total. The van der Waals surface area contributed by atoms with Crippen LogP contribution < -0.4 is 5.32 Å². The van der Waals surface area contributed by atoms with Crippen molar-refractivity contribution < 1.29 is 4.79 Å². The molecule has 0 aliphatic rings. The van der Waals surface area contributed by atoms with Gasteiger partial charge in [0.25, 0.3) is 5.91 Å². The zero-order chi connectivity index (χ0) is 13.0. The van der Waals surface area contributed by atoms with Gasteiger partial charge in [0, 0.05) is 10.5 Å². The molecule has 1 aromatic heterocycles. The first kappa shape index (κ1) is 13.2.